The first-order valence-corrected chi connectivity index (χ1v) is 13.1. The molecule has 2 N–H and O–H groups in total. The van der Waals surface area contributed by atoms with Crippen molar-refractivity contribution in [3.8, 4) is 0 Å². The maximum atomic E-state index is 14.0. The highest BCUT2D eigenvalue weighted by atomic mass is 16.3. The number of nitrogens with zero attached hydrogens (tertiary/aromatic N) is 1. The van der Waals surface area contributed by atoms with Gasteiger partial charge in [-0.2, -0.15) is 0 Å². The summed E-state index contributed by atoms with van der Waals surface area (Å²) in [4.78, 5) is 42.1. The van der Waals surface area contributed by atoms with E-state index in [4.69, 9.17) is 4.42 Å². The zero-order valence-corrected chi connectivity index (χ0v) is 23.0. The Kier molecular flexibility index (Phi) is 8.19. The molecule has 202 valence electrons. The zero-order chi connectivity index (χ0) is 28.2. The van der Waals surface area contributed by atoms with Crippen molar-refractivity contribution in [3.05, 3.63) is 102 Å². The van der Waals surface area contributed by atoms with E-state index in [0.29, 0.717) is 17.2 Å². The number of fused-ring (bicyclic) bond motifs is 1. The normalized spacial score (nSPS) is 12.3. The molecule has 0 saturated carbocycles. The Labute approximate surface area is 229 Å². The molecule has 4 rings (SSSR count). The lowest BCUT2D eigenvalue weighted by molar-refractivity contribution is -0.127. The smallest absolute Gasteiger partial charge is 0.287 e. The van der Waals surface area contributed by atoms with Crippen LogP contribution < -0.4 is 15.5 Å². The largest absolute Gasteiger partial charge is 0.459 e. The minimum atomic E-state index is -0.982. The summed E-state index contributed by atoms with van der Waals surface area (Å²) in [6, 6.07) is 23.3. The van der Waals surface area contributed by atoms with Crippen LogP contribution in [0.25, 0.3) is 10.8 Å². The van der Waals surface area contributed by atoms with Crippen LogP contribution >= 0.6 is 0 Å². The lowest BCUT2D eigenvalue weighted by atomic mass is 9.96. The zero-order valence-electron chi connectivity index (χ0n) is 23.0. The van der Waals surface area contributed by atoms with E-state index in [0.717, 1.165) is 16.3 Å². The number of furan rings is 1. The van der Waals surface area contributed by atoms with Crippen molar-refractivity contribution in [2.24, 2.45) is 0 Å². The second kappa shape index (κ2) is 11.6. The van der Waals surface area contributed by atoms with Crippen molar-refractivity contribution in [1.29, 1.82) is 0 Å². The molecule has 0 radical (unpaired) electrons. The number of anilines is 1. The first kappa shape index (κ1) is 27.6. The third kappa shape index (κ3) is 6.55. The summed E-state index contributed by atoms with van der Waals surface area (Å²) in [7, 11) is 0. The average molecular weight is 526 g/mol. The molecule has 0 fully saturated rings. The average Bonchev–Trinajstić information content (AvgIpc) is 3.44. The van der Waals surface area contributed by atoms with E-state index < -0.39 is 23.4 Å². The fourth-order valence-corrected chi connectivity index (χ4v) is 4.49. The summed E-state index contributed by atoms with van der Waals surface area (Å²) in [5.74, 6) is -0.853. The van der Waals surface area contributed by atoms with Crippen LogP contribution in [0.1, 0.15) is 68.3 Å². The molecule has 0 bridgehead atoms. The maximum Gasteiger partial charge on any atom is 0.287 e. The molecule has 0 spiro atoms. The van der Waals surface area contributed by atoms with Gasteiger partial charge in [0.2, 0.25) is 11.8 Å². The molecule has 3 aromatic carbocycles. The second-order valence-corrected chi connectivity index (χ2v) is 10.9. The number of carbonyl (C=O) groups excluding carboxylic acids is 3. The van der Waals surface area contributed by atoms with Crippen LogP contribution in [0, 0.1) is 0 Å². The highest BCUT2D eigenvalue weighted by Gasteiger charge is 2.35. The van der Waals surface area contributed by atoms with Gasteiger partial charge in [-0.05, 0) is 61.4 Å². The minimum absolute atomic E-state index is 0.103. The predicted octanol–water partition coefficient (Wildman–Crippen LogP) is 5.98. The van der Waals surface area contributed by atoms with Crippen LogP contribution in [0.5, 0.6) is 0 Å². The van der Waals surface area contributed by atoms with Gasteiger partial charge in [-0.15, -0.1) is 0 Å². The molecule has 1 atom stereocenters. The van der Waals surface area contributed by atoms with Gasteiger partial charge in [0, 0.05) is 10.9 Å². The SMILES string of the molecule is CC(C)c1ccc(C(C(=O)NC(C)(C)C)N(C(=O)CNC(=O)c2ccco2)c2cccc3ccccc23)cc1. The molecule has 1 heterocycles. The summed E-state index contributed by atoms with van der Waals surface area (Å²) in [5.41, 5.74) is 1.84. The standard InChI is InChI=1S/C32H35N3O4/c1-21(2)22-15-17-24(18-16-22)29(31(38)34-32(3,4)5)35(26-13-8-11-23-10-6-7-12-25(23)26)28(36)20-33-30(37)27-14-9-19-39-27/h6-19,21,29H,20H2,1-5H3,(H,33,37)(H,34,38). The predicted molar refractivity (Wildman–Crippen MR) is 154 cm³/mol. The Bertz CT molecular complexity index is 1450. The second-order valence-electron chi connectivity index (χ2n) is 10.9. The molecule has 0 aliphatic carbocycles. The number of benzene rings is 3. The van der Waals surface area contributed by atoms with Crippen molar-refractivity contribution >= 4 is 34.2 Å². The molecule has 4 aromatic rings. The summed E-state index contributed by atoms with van der Waals surface area (Å²) in [6.07, 6.45) is 1.40. The Hall–Kier alpha value is -4.39. The Morgan fingerprint density at radius 1 is 0.846 bits per heavy atom. The molecule has 7 nitrogen and oxygen atoms in total. The molecule has 0 saturated heterocycles. The third-order valence-electron chi connectivity index (χ3n) is 6.36. The van der Waals surface area contributed by atoms with Crippen LogP contribution in [0.15, 0.2) is 89.5 Å². The van der Waals surface area contributed by atoms with Gasteiger partial charge in [0.15, 0.2) is 5.76 Å². The Morgan fingerprint density at radius 3 is 2.15 bits per heavy atom. The quantitative estimate of drug-likeness (QED) is 0.296. The van der Waals surface area contributed by atoms with Gasteiger partial charge >= 0.3 is 0 Å². The molecule has 0 aliphatic rings. The van der Waals surface area contributed by atoms with Gasteiger partial charge in [0.1, 0.15) is 6.04 Å². The lowest BCUT2D eigenvalue weighted by Gasteiger charge is -2.34. The molecular formula is C32H35N3O4. The van der Waals surface area contributed by atoms with Crippen molar-refractivity contribution in [2.45, 2.75) is 52.1 Å². The van der Waals surface area contributed by atoms with Gasteiger partial charge in [-0.1, -0.05) is 74.5 Å². The van der Waals surface area contributed by atoms with E-state index in [1.807, 2.05) is 87.5 Å². The van der Waals surface area contributed by atoms with Crippen LogP contribution in [0.2, 0.25) is 0 Å². The molecule has 7 heteroatoms. The maximum absolute atomic E-state index is 14.0. The topological polar surface area (TPSA) is 91.7 Å². The highest BCUT2D eigenvalue weighted by molar-refractivity contribution is 6.09. The first-order chi connectivity index (χ1) is 18.5. The Balaban J connectivity index is 1.83. The van der Waals surface area contributed by atoms with E-state index in [9.17, 15) is 14.4 Å². The lowest BCUT2D eigenvalue weighted by Crippen LogP contribution is -2.51. The van der Waals surface area contributed by atoms with Gasteiger partial charge < -0.3 is 15.1 Å². The fourth-order valence-electron chi connectivity index (χ4n) is 4.49. The van der Waals surface area contributed by atoms with E-state index in [1.54, 1.807) is 6.07 Å². The Morgan fingerprint density at radius 2 is 1.51 bits per heavy atom. The number of amides is 3. The number of rotatable bonds is 8. The number of nitrogens with one attached hydrogen (secondary N) is 2. The van der Waals surface area contributed by atoms with Crippen LogP contribution in [-0.2, 0) is 9.59 Å². The molecule has 3 amide bonds. The molecule has 0 aliphatic heterocycles. The molecule has 1 aromatic heterocycles. The van der Waals surface area contributed by atoms with Gasteiger partial charge in [0.25, 0.3) is 5.91 Å². The highest BCUT2D eigenvalue weighted by Crippen LogP contribution is 2.34. The summed E-state index contributed by atoms with van der Waals surface area (Å²) in [5, 5.41) is 7.45. The monoisotopic (exact) mass is 525 g/mol. The fraction of sp³-hybridized carbons (Fsp3) is 0.281. The van der Waals surface area contributed by atoms with Crippen LogP contribution in [0.4, 0.5) is 5.69 Å². The van der Waals surface area contributed by atoms with Crippen LogP contribution in [-0.4, -0.2) is 29.8 Å². The number of carbonyl (C=O) groups is 3. The van der Waals surface area contributed by atoms with Gasteiger partial charge in [-0.25, -0.2) is 0 Å². The van der Waals surface area contributed by atoms with Crippen LogP contribution in [0.3, 0.4) is 0 Å². The summed E-state index contributed by atoms with van der Waals surface area (Å²) < 4.78 is 5.17. The van der Waals surface area contributed by atoms with Crippen molar-refractivity contribution in [2.75, 3.05) is 11.4 Å². The molecular weight excluding hydrogens is 490 g/mol. The molecule has 1 unspecified atom stereocenters. The number of hydrogen-bond acceptors (Lipinski definition) is 4. The van der Waals surface area contributed by atoms with Crippen molar-refractivity contribution in [3.63, 3.8) is 0 Å². The van der Waals surface area contributed by atoms with E-state index in [-0.39, 0.29) is 18.2 Å². The third-order valence-corrected chi connectivity index (χ3v) is 6.36. The molecule has 39 heavy (non-hydrogen) atoms. The number of hydrogen-bond donors (Lipinski definition) is 2. The van der Waals surface area contributed by atoms with Gasteiger partial charge in [0.05, 0.1) is 18.5 Å². The van der Waals surface area contributed by atoms with Crippen molar-refractivity contribution in [1.82, 2.24) is 10.6 Å². The summed E-state index contributed by atoms with van der Waals surface area (Å²) >= 11 is 0. The van der Waals surface area contributed by atoms with E-state index in [2.05, 4.69) is 24.5 Å². The first-order valence-electron chi connectivity index (χ1n) is 13.1. The minimum Gasteiger partial charge on any atom is -0.459 e. The van der Waals surface area contributed by atoms with E-state index >= 15 is 0 Å². The van der Waals surface area contributed by atoms with Crippen molar-refractivity contribution < 1.29 is 18.8 Å². The summed E-state index contributed by atoms with van der Waals surface area (Å²) in [6.45, 7) is 9.58. The van der Waals surface area contributed by atoms with E-state index in [1.165, 1.54) is 17.2 Å². The van der Waals surface area contributed by atoms with Gasteiger partial charge in [-0.3, -0.25) is 19.3 Å².